The summed E-state index contributed by atoms with van der Waals surface area (Å²) in [7, 11) is 1.75. The molecule has 0 N–H and O–H groups in total. The number of piperazine rings is 1. The Morgan fingerprint density at radius 2 is 1.73 bits per heavy atom. The Hall–Kier alpha value is -2.03. The first kappa shape index (κ1) is 21.5. The van der Waals surface area contributed by atoms with Crippen LogP contribution in [0.5, 0.6) is 0 Å². The summed E-state index contributed by atoms with van der Waals surface area (Å²) in [6.45, 7) is 4.03. The van der Waals surface area contributed by atoms with Crippen molar-refractivity contribution in [1.82, 2.24) is 9.80 Å². The van der Waals surface area contributed by atoms with Crippen LogP contribution in [0.15, 0.2) is 54.6 Å². The van der Waals surface area contributed by atoms with E-state index in [1.807, 2.05) is 30.0 Å². The lowest BCUT2D eigenvalue weighted by Crippen LogP contribution is -2.72. The van der Waals surface area contributed by atoms with Gasteiger partial charge in [-0.05, 0) is 37.1 Å². The van der Waals surface area contributed by atoms with Crippen LogP contribution in [0.2, 0.25) is 0 Å². The molecule has 5 heterocycles. The van der Waals surface area contributed by atoms with Crippen LogP contribution in [-0.4, -0.2) is 48.1 Å². The van der Waals surface area contributed by atoms with Crippen LogP contribution in [0.25, 0.3) is 0 Å². The molecule has 5 aliphatic heterocycles. The number of anilines is 2. The zero-order valence-corrected chi connectivity index (χ0v) is 21.2. The van der Waals surface area contributed by atoms with Crippen molar-refractivity contribution in [3.05, 3.63) is 60.2 Å². The van der Waals surface area contributed by atoms with Crippen molar-refractivity contribution in [3.8, 4) is 0 Å². The monoisotopic (exact) mass is 495 g/mol. The Morgan fingerprint density at radius 1 is 1.03 bits per heavy atom. The zero-order chi connectivity index (χ0) is 23.2. The van der Waals surface area contributed by atoms with Gasteiger partial charge in [-0.3, -0.25) is 14.5 Å². The van der Waals surface area contributed by atoms with Gasteiger partial charge < -0.3 is 9.80 Å². The van der Waals surface area contributed by atoms with Crippen LogP contribution < -0.4 is 4.90 Å². The second-order valence-corrected chi connectivity index (χ2v) is 13.3. The van der Waals surface area contributed by atoms with Crippen molar-refractivity contribution in [3.63, 3.8) is 0 Å². The predicted octanol–water partition coefficient (Wildman–Crippen LogP) is 5.08. The Morgan fingerprint density at radius 3 is 2.45 bits per heavy atom. The minimum absolute atomic E-state index is 0.0164. The maximum absolute atomic E-state index is 14.3. The molecule has 2 amide bonds. The normalized spacial score (nSPS) is 34.5. The molecule has 2 bridgehead atoms. The lowest BCUT2D eigenvalue weighted by molar-refractivity contribution is -0.163. The van der Waals surface area contributed by atoms with Crippen molar-refractivity contribution in [2.24, 2.45) is 0 Å². The molecule has 1 spiro atoms. The molecule has 3 unspecified atom stereocenters. The molecule has 7 rings (SSSR count). The molecule has 8 heteroatoms. The van der Waals surface area contributed by atoms with Gasteiger partial charge in [-0.25, -0.2) is 0 Å². The summed E-state index contributed by atoms with van der Waals surface area (Å²) in [6, 6.07) is 18.7. The van der Waals surface area contributed by atoms with Gasteiger partial charge in [0.2, 0.25) is 0 Å². The number of carbonyl (C=O) groups excluding carboxylic acids is 2. The number of fused-ring (bicyclic) bond motifs is 6. The average molecular weight is 496 g/mol. The van der Waals surface area contributed by atoms with Gasteiger partial charge in [0.05, 0.1) is 0 Å². The number of hydrogen-bond acceptors (Lipinski definition) is 6. The number of amides is 2. The fraction of sp³-hybridized carbons (Fsp3) is 0.400. The molecule has 33 heavy (non-hydrogen) atoms. The van der Waals surface area contributed by atoms with Crippen LogP contribution in [0.4, 0.5) is 11.4 Å². The zero-order valence-electron chi connectivity index (χ0n) is 18.8. The molecule has 4 atom stereocenters. The van der Waals surface area contributed by atoms with Crippen molar-refractivity contribution in [2.75, 3.05) is 11.9 Å². The van der Waals surface area contributed by atoms with Crippen LogP contribution in [0.1, 0.15) is 38.7 Å². The topological polar surface area (TPSA) is 43.9 Å². The molecule has 170 valence electrons. The SMILES string of the molecule is CCCC12C[C@@]34SC(=S)SC(C)(C(=O)N3C1N(c1ccccc1)c1ccccc12)N(C)C4=O. The molecule has 2 aromatic rings. The fourth-order valence-electron chi connectivity index (χ4n) is 6.39. The largest absolute Gasteiger partial charge is 0.320 e. The second-order valence-electron chi connectivity index (χ2n) is 9.44. The molecule has 0 aliphatic carbocycles. The molecule has 2 aromatic carbocycles. The Balaban J connectivity index is 1.67. The Labute approximate surface area is 207 Å². The quantitative estimate of drug-likeness (QED) is 0.553. The standard InChI is InChI=1S/C25H25N3O2S3/c1-4-14-24-15-25-21(30)26(3)23(2,32-22(31)33-25)20(29)28(25)19(24)27(16-10-6-5-7-11-16)18-13-9-8-12-17(18)24/h5-13,19H,4,14-15H2,1-3H3/t19?,23?,24?,25-/m0/s1. The van der Waals surface area contributed by atoms with E-state index in [4.69, 9.17) is 12.2 Å². The molecule has 4 fully saturated rings. The summed E-state index contributed by atoms with van der Waals surface area (Å²) in [5.74, 6) is -0.0454. The van der Waals surface area contributed by atoms with Gasteiger partial charge in [0.15, 0.2) is 9.74 Å². The van der Waals surface area contributed by atoms with E-state index in [1.165, 1.54) is 29.1 Å². The number of thiocarbonyl (C=S) groups is 1. The van der Waals surface area contributed by atoms with Crippen LogP contribution >= 0.6 is 35.7 Å². The van der Waals surface area contributed by atoms with Gasteiger partial charge in [-0.15, -0.1) is 0 Å². The third-order valence-corrected chi connectivity index (χ3v) is 10.8. The second kappa shape index (κ2) is 6.99. The third kappa shape index (κ3) is 2.49. The van der Waals surface area contributed by atoms with Gasteiger partial charge in [-0.1, -0.05) is 85.5 Å². The van der Waals surface area contributed by atoms with Crippen LogP contribution in [0, 0.1) is 0 Å². The smallest absolute Gasteiger partial charge is 0.262 e. The highest BCUT2D eigenvalue weighted by molar-refractivity contribution is 8.48. The Bertz CT molecular complexity index is 1210. The van der Waals surface area contributed by atoms with Gasteiger partial charge in [-0.2, -0.15) is 0 Å². The van der Waals surface area contributed by atoms with Gasteiger partial charge in [0.1, 0.15) is 9.69 Å². The van der Waals surface area contributed by atoms with E-state index >= 15 is 0 Å². The first-order valence-corrected chi connectivity index (χ1v) is 13.3. The molecule has 4 saturated heterocycles. The lowest BCUT2D eigenvalue weighted by atomic mass is 9.74. The van der Waals surface area contributed by atoms with Gasteiger partial charge >= 0.3 is 0 Å². The van der Waals surface area contributed by atoms with Crippen LogP contribution in [-0.2, 0) is 15.0 Å². The van der Waals surface area contributed by atoms with Gasteiger partial charge in [0.25, 0.3) is 11.8 Å². The summed E-state index contributed by atoms with van der Waals surface area (Å²) in [4.78, 5) is 32.2. The maximum atomic E-state index is 14.3. The number of hydrogen-bond donors (Lipinski definition) is 0. The van der Waals surface area contributed by atoms with Gasteiger partial charge in [0, 0.05) is 30.3 Å². The van der Waals surface area contributed by atoms with E-state index in [-0.39, 0.29) is 23.4 Å². The Kier molecular flexibility index (Phi) is 4.56. The van der Waals surface area contributed by atoms with Crippen molar-refractivity contribution in [2.45, 2.75) is 54.4 Å². The molecule has 0 aromatic heterocycles. The predicted molar refractivity (Wildman–Crippen MR) is 139 cm³/mol. The fourth-order valence-corrected chi connectivity index (χ4v) is 10.2. The number of carbonyl (C=O) groups is 2. The first-order valence-electron chi connectivity index (χ1n) is 11.3. The van der Waals surface area contributed by atoms with E-state index in [9.17, 15) is 9.59 Å². The third-order valence-electron chi connectivity index (χ3n) is 7.79. The molecular weight excluding hydrogens is 470 g/mol. The lowest BCUT2D eigenvalue weighted by Gasteiger charge is -2.51. The van der Waals surface area contributed by atoms with E-state index in [0.29, 0.717) is 9.95 Å². The van der Waals surface area contributed by atoms with Crippen molar-refractivity contribution in [1.29, 1.82) is 0 Å². The number of thioether (sulfide) groups is 2. The number of benzene rings is 2. The minimum Gasteiger partial charge on any atom is -0.320 e. The first-order chi connectivity index (χ1) is 15.8. The molecule has 5 nitrogen and oxygen atoms in total. The summed E-state index contributed by atoms with van der Waals surface area (Å²) in [5.41, 5.74) is 3.02. The number of likely N-dealkylation sites (N-methyl/N-ethyl adjacent to an activating group) is 1. The number of nitrogens with zero attached hydrogens (tertiary/aromatic N) is 3. The summed E-state index contributed by atoms with van der Waals surface area (Å²) >= 11 is 8.48. The molecule has 0 radical (unpaired) electrons. The van der Waals surface area contributed by atoms with Crippen molar-refractivity contribution >= 4 is 62.5 Å². The summed E-state index contributed by atoms with van der Waals surface area (Å²) in [6.07, 6.45) is 2.12. The highest BCUT2D eigenvalue weighted by atomic mass is 32.2. The summed E-state index contributed by atoms with van der Waals surface area (Å²) in [5, 5.41) is 0. The van der Waals surface area contributed by atoms with E-state index < -0.39 is 9.74 Å². The van der Waals surface area contributed by atoms with Crippen LogP contribution in [0.3, 0.4) is 0 Å². The van der Waals surface area contributed by atoms with E-state index in [2.05, 4.69) is 48.2 Å². The summed E-state index contributed by atoms with van der Waals surface area (Å²) < 4.78 is 0.664. The van der Waals surface area contributed by atoms with E-state index in [0.717, 1.165) is 24.2 Å². The highest BCUT2D eigenvalue weighted by Crippen LogP contribution is 2.67. The maximum Gasteiger partial charge on any atom is 0.262 e. The average Bonchev–Trinajstić information content (AvgIpc) is 3.18. The van der Waals surface area contributed by atoms with E-state index in [1.54, 1.807) is 11.9 Å². The highest BCUT2D eigenvalue weighted by Gasteiger charge is 2.76. The number of rotatable bonds is 3. The number of para-hydroxylation sites is 2. The van der Waals surface area contributed by atoms with Crippen molar-refractivity contribution < 1.29 is 9.59 Å². The minimum atomic E-state index is -1.04. The molecular formula is C25H25N3O2S3. The molecule has 0 saturated carbocycles. The molecule has 5 aliphatic rings.